The molecule has 0 atom stereocenters. The first kappa shape index (κ1) is 29.8. The van der Waals surface area contributed by atoms with Crippen molar-refractivity contribution in [3.63, 3.8) is 0 Å². The van der Waals surface area contributed by atoms with Crippen LogP contribution in [-0.4, -0.2) is 23.5 Å². The predicted molar refractivity (Wildman–Crippen MR) is 167 cm³/mol. The number of ketones is 2. The van der Waals surface area contributed by atoms with Gasteiger partial charge in [0.15, 0.2) is 0 Å². The van der Waals surface area contributed by atoms with E-state index >= 15 is 0 Å². The molecule has 5 aromatic carbocycles. The van der Waals surface area contributed by atoms with Gasteiger partial charge in [-0.2, -0.15) is 0 Å². The van der Waals surface area contributed by atoms with Gasteiger partial charge in [-0.3, -0.25) is 9.59 Å². The Morgan fingerprint density at radius 2 is 0.783 bits per heavy atom. The molecule has 1 aliphatic carbocycles. The average molecular weight is 611 g/mol. The van der Waals surface area contributed by atoms with E-state index < -0.39 is 23.5 Å². The molecule has 226 valence electrons. The van der Waals surface area contributed by atoms with Crippen LogP contribution in [-0.2, 0) is 22.7 Å². The molecule has 0 heterocycles. The minimum Gasteiger partial charge on any atom is -0.457 e. The number of carbonyl (C=O) groups is 4. The molecule has 0 saturated heterocycles. The normalized spacial score (nSPS) is 12.3. The number of esters is 2. The highest BCUT2D eigenvalue weighted by Gasteiger charge is 2.36. The third-order valence-electron chi connectivity index (χ3n) is 7.08. The smallest absolute Gasteiger partial charge is 0.338 e. The molecular formula is C38H26O8. The lowest BCUT2D eigenvalue weighted by Gasteiger charge is -2.21. The van der Waals surface area contributed by atoms with Gasteiger partial charge in [-0.25, -0.2) is 9.59 Å². The number of hydrogen-bond donors (Lipinski definition) is 0. The number of carbonyl (C=O) groups excluding carboxylic acids is 4. The van der Waals surface area contributed by atoms with Crippen LogP contribution in [0.3, 0.4) is 0 Å². The molecule has 46 heavy (non-hydrogen) atoms. The van der Waals surface area contributed by atoms with Gasteiger partial charge in [-0.05, 0) is 59.7 Å². The number of Topliss-reactive ketones (excluding diaryl/α,β-unsaturated/α-hetero) is 2. The molecule has 0 unspecified atom stereocenters. The number of benzene rings is 5. The second-order valence-electron chi connectivity index (χ2n) is 10.2. The molecule has 0 aliphatic heterocycles. The maximum absolute atomic E-state index is 13.5. The maximum Gasteiger partial charge on any atom is 0.338 e. The zero-order valence-electron chi connectivity index (χ0n) is 24.4. The van der Waals surface area contributed by atoms with Crippen LogP contribution in [0.2, 0.25) is 0 Å². The highest BCUT2D eigenvalue weighted by Crippen LogP contribution is 2.31. The van der Waals surface area contributed by atoms with Crippen molar-refractivity contribution in [1.29, 1.82) is 0 Å². The lowest BCUT2D eigenvalue weighted by atomic mass is 9.92. The van der Waals surface area contributed by atoms with Gasteiger partial charge in [0.1, 0.15) is 24.7 Å². The third kappa shape index (κ3) is 6.76. The largest absolute Gasteiger partial charge is 0.457 e. The topological polar surface area (TPSA) is 105 Å². The Morgan fingerprint density at radius 1 is 0.435 bits per heavy atom. The van der Waals surface area contributed by atoms with E-state index in [-0.39, 0.29) is 58.5 Å². The van der Waals surface area contributed by atoms with Gasteiger partial charge >= 0.3 is 11.9 Å². The summed E-state index contributed by atoms with van der Waals surface area (Å²) in [6, 6.07) is 37.0. The molecule has 0 aromatic heterocycles. The summed E-state index contributed by atoms with van der Waals surface area (Å²) in [5.41, 5.74) is 2.63. The molecular weight excluding hydrogens is 584 g/mol. The van der Waals surface area contributed by atoms with Gasteiger partial charge in [0.25, 0.3) is 0 Å². The van der Waals surface area contributed by atoms with Crippen molar-refractivity contribution in [2.24, 2.45) is 0 Å². The van der Waals surface area contributed by atoms with E-state index in [1.165, 1.54) is 60.7 Å². The summed E-state index contributed by atoms with van der Waals surface area (Å²) < 4.78 is 22.6. The van der Waals surface area contributed by atoms with E-state index in [2.05, 4.69) is 0 Å². The van der Waals surface area contributed by atoms with Crippen molar-refractivity contribution in [2.75, 3.05) is 0 Å². The zero-order chi connectivity index (χ0) is 31.9. The Bertz CT molecular complexity index is 1790. The molecule has 0 bridgehead atoms. The Kier molecular flexibility index (Phi) is 8.78. The summed E-state index contributed by atoms with van der Waals surface area (Å²) >= 11 is 0. The van der Waals surface area contributed by atoms with Gasteiger partial charge in [-0.1, -0.05) is 84.9 Å². The number of allylic oxidation sites excluding steroid dienone is 2. The molecule has 8 nitrogen and oxygen atoms in total. The van der Waals surface area contributed by atoms with Crippen molar-refractivity contribution in [2.45, 2.75) is 13.2 Å². The van der Waals surface area contributed by atoms with Crippen molar-refractivity contribution in [3.8, 4) is 11.5 Å². The van der Waals surface area contributed by atoms with Crippen LogP contribution >= 0.6 is 0 Å². The van der Waals surface area contributed by atoms with Crippen LogP contribution in [0.25, 0.3) is 0 Å². The summed E-state index contributed by atoms with van der Waals surface area (Å²) in [4.78, 5) is 52.2. The molecule has 6 rings (SSSR count). The lowest BCUT2D eigenvalue weighted by molar-refractivity contribution is 0.0464. The third-order valence-corrected chi connectivity index (χ3v) is 7.08. The fraction of sp³-hybridized carbons (Fsp3) is 0.0526. The summed E-state index contributed by atoms with van der Waals surface area (Å²) in [6.07, 6.45) is 0. The van der Waals surface area contributed by atoms with Gasteiger partial charge in [0.2, 0.25) is 23.1 Å². The van der Waals surface area contributed by atoms with Crippen LogP contribution in [0.1, 0.15) is 52.6 Å². The molecule has 8 heteroatoms. The van der Waals surface area contributed by atoms with E-state index in [9.17, 15) is 19.2 Å². The van der Waals surface area contributed by atoms with E-state index in [1.807, 2.05) is 60.7 Å². The molecule has 5 aromatic rings. The number of hydrogen-bond acceptors (Lipinski definition) is 8. The van der Waals surface area contributed by atoms with Gasteiger partial charge in [0.05, 0.1) is 11.1 Å². The van der Waals surface area contributed by atoms with Gasteiger partial charge in [-0.15, -0.1) is 0 Å². The van der Waals surface area contributed by atoms with Crippen molar-refractivity contribution in [1.82, 2.24) is 0 Å². The standard InChI is InChI=1S/C38H26O8/c39-33-31-13-7-8-14-32(31)34(40)36(46-30-21-17-28(18-22-30)38(42)44-24-26-11-5-2-6-12-26)35(33)45-29-19-15-27(16-20-29)37(41)43-23-25-9-3-1-4-10-25/h1-22H,23-24H2. The highest BCUT2D eigenvalue weighted by molar-refractivity contribution is 6.25. The first-order valence-electron chi connectivity index (χ1n) is 14.4. The van der Waals surface area contributed by atoms with Crippen LogP contribution in [0, 0.1) is 0 Å². The van der Waals surface area contributed by atoms with E-state index in [0.29, 0.717) is 0 Å². The molecule has 0 amide bonds. The van der Waals surface area contributed by atoms with Gasteiger partial charge in [0, 0.05) is 11.1 Å². The summed E-state index contributed by atoms with van der Waals surface area (Å²) in [7, 11) is 0. The average Bonchev–Trinajstić information content (AvgIpc) is 3.11. The molecule has 0 N–H and O–H groups in total. The first-order valence-corrected chi connectivity index (χ1v) is 14.4. The fourth-order valence-corrected chi connectivity index (χ4v) is 4.68. The number of rotatable bonds is 10. The summed E-state index contributed by atoms with van der Waals surface area (Å²) in [5, 5.41) is 0. The molecule has 0 fully saturated rings. The van der Waals surface area contributed by atoms with Crippen LogP contribution in [0.5, 0.6) is 11.5 Å². The number of fused-ring (bicyclic) bond motifs is 1. The SMILES string of the molecule is O=C(OCc1ccccc1)c1ccc(OC2=C(Oc3ccc(C(=O)OCc4ccccc4)cc3)C(=O)c3ccccc3C2=O)cc1. The first-order chi connectivity index (χ1) is 22.5. The minimum absolute atomic E-state index is 0.122. The second-order valence-corrected chi connectivity index (χ2v) is 10.2. The van der Waals surface area contributed by atoms with E-state index in [0.717, 1.165) is 11.1 Å². The van der Waals surface area contributed by atoms with E-state index in [4.69, 9.17) is 18.9 Å². The van der Waals surface area contributed by atoms with Crippen LogP contribution in [0.4, 0.5) is 0 Å². The Morgan fingerprint density at radius 3 is 1.15 bits per heavy atom. The minimum atomic E-state index is -0.544. The van der Waals surface area contributed by atoms with Crippen molar-refractivity contribution < 1.29 is 38.1 Å². The maximum atomic E-state index is 13.5. The van der Waals surface area contributed by atoms with Crippen molar-refractivity contribution >= 4 is 23.5 Å². The second kappa shape index (κ2) is 13.6. The monoisotopic (exact) mass is 610 g/mol. The quantitative estimate of drug-likeness (QED) is 0.154. The van der Waals surface area contributed by atoms with Crippen molar-refractivity contribution in [3.05, 3.63) is 178 Å². The van der Waals surface area contributed by atoms with Gasteiger partial charge < -0.3 is 18.9 Å². The van der Waals surface area contributed by atoms with Crippen LogP contribution in [0.15, 0.2) is 145 Å². The Balaban J connectivity index is 1.19. The zero-order valence-corrected chi connectivity index (χ0v) is 24.4. The lowest BCUT2D eigenvalue weighted by Crippen LogP contribution is -2.27. The highest BCUT2D eigenvalue weighted by atomic mass is 16.5. The number of ether oxygens (including phenoxy) is 4. The molecule has 0 saturated carbocycles. The van der Waals surface area contributed by atoms with E-state index in [1.54, 1.807) is 12.1 Å². The molecule has 0 radical (unpaired) electrons. The molecule has 1 aliphatic rings. The Hall–Kier alpha value is -6.28. The summed E-state index contributed by atoms with van der Waals surface area (Å²) in [5.74, 6) is -2.35. The predicted octanol–water partition coefficient (Wildman–Crippen LogP) is 7.15. The Labute approximate surface area is 264 Å². The fourth-order valence-electron chi connectivity index (χ4n) is 4.68. The van der Waals surface area contributed by atoms with Crippen LogP contribution < -0.4 is 9.47 Å². The summed E-state index contributed by atoms with van der Waals surface area (Å²) in [6.45, 7) is 0.245. The molecule has 0 spiro atoms.